The van der Waals surface area contributed by atoms with Crippen molar-refractivity contribution in [2.75, 3.05) is 20.2 Å². The van der Waals surface area contributed by atoms with Crippen LogP contribution >= 0.6 is 0 Å². The van der Waals surface area contributed by atoms with Gasteiger partial charge in [0.1, 0.15) is 11.5 Å². The maximum absolute atomic E-state index is 13.5. The lowest BCUT2D eigenvalue weighted by Gasteiger charge is -2.21. The van der Waals surface area contributed by atoms with E-state index in [-0.39, 0.29) is 17.9 Å². The van der Waals surface area contributed by atoms with E-state index in [1.165, 1.54) is 30.2 Å². The fourth-order valence-corrected chi connectivity index (χ4v) is 3.35. The molecule has 0 aliphatic rings. The van der Waals surface area contributed by atoms with Crippen LogP contribution in [0.5, 0.6) is 0 Å². The lowest BCUT2D eigenvalue weighted by molar-refractivity contribution is 0.0588. The zero-order valence-corrected chi connectivity index (χ0v) is 16.8. The Kier molecular flexibility index (Phi) is 6.72. The van der Waals surface area contributed by atoms with Gasteiger partial charge in [-0.15, -0.1) is 0 Å². The molecule has 0 spiro atoms. The van der Waals surface area contributed by atoms with Crippen LogP contribution in [0.4, 0.5) is 4.39 Å². The maximum Gasteiger partial charge on any atom is 0.354 e. The van der Waals surface area contributed by atoms with Crippen molar-refractivity contribution in [1.82, 2.24) is 9.47 Å². The lowest BCUT2D eigenvalue weighted by Crippen LogP contribution is -2.36. The van der Waals surface area contributed by atoms with Gasteiger partial charge in [-0.3, -0.25) is 9.59 Å². The van der Waals surface area contributed by atoms with Crippen molar-refractivity contribution in [2.45, 2.75) is 27.2 Å². The molecule has 0 unspecified atom stereocenters. The van der Waals surface area contributed by atoms with E-state index in [1.54, 1.807) is 25.5 Å². The number of esters is 1. The molecule has 0 aliphatic heterocycles. The maximum atomic E-state index is 13.5. The number of methoxy groups -OCH3 is 1. The van der Waals surface area contributed by atoms with Gasteiger partial charge >= 0.3 is 5.97 Å². The van der Waals surface area contributed by atoms with E-state index in [4.69, 9.17) is 4.74 Å². The van der Waals surface area contributed by atoms with Crippen molar-refractivity contribution in [2.24, 2.45) is 7.05 Å². The van der Waals surface area contributed by atoms with Gasteiger partial charge in [0.05, 0.1) is 13.7 Å². The molecular formula is C21H25FN2O4. The van der Waals surface area contributed by atoms with E-state index in [0.717, 1.165) is 6.07 Å². The van der Waals surface area contributed by atoms with Crippen LogP contribution in [0.15, 0.2) is 24.3 Å². The van der Waals surface area contributed by atoms with Crippen LogP contribution in [0.25, 0.3) is 0 Å². The quantitative estimate of drug-likeness (QED) is 0.539. The minimum atomic E-state index is -0.525. The van der Waals surface area contributed by atoms with Gasteiger partial charge in [0.25, 0.3) is 5.91 Å². The molecule has 150 valence electrons. The average molecular weight is 388 g/mol. The van der Waals surface area contributed by atoms with Crippen molar-refractivity contribution in [3.05, 3.63) is 58.2 Å². The summed E-state index contributed by atoms with van der Waals surface area (Å²) in [6.45, 7) is 5.52. The zero-order chi connectivity index (χ0) is 21.0. The third-order valence-electron chi connectivity index (χ3n) is 4.77. The van der Waals surface area contributed by atoms with Gasteiger partial charge in [0.2, 0.25) is 0 Å². The molecule has 0 radical (unpaired) electrons. The number of Topliss-reactive ketones (excluding diaryl/α,β-unsaturated/α-hetero) is 1. The van der Waals surface area contributed by atoms with Crippen LogP contribution in [-0.4, -0.2) is 47.3 Å². The van der Waals surface area contributed by atoms with Gasteiger partial charge in [-0.25, -0.2) is 9.18 Å². The summed E-state index contributed by atoms with van der Waals surface area (Å²) in [5.74, 6) is -1.72. The number of amides is 1. The Morgan fingerprint density at radius 1 is 1.21 bits per heavy atom. The number of hydrogen-bond acceptors (Lipinski definition) is 4. The van der Waals surface area contributed by atoms with E-state index in [1.807, 2.05) is 6.92 Å². The van der Waals surface area contributed by atoms with Gasteiger partial charge in [-0.1, -0.05) is 13.0 Å². The molecule has 0 bridgehead atoms. The van der Waals surface area contributed by atoms with Crippen LogP contribution in [0.3, 0.4) is 0 Å². The molecule has 1 aromatic heterocycles. The lowest BCUT2D eigenvalue weighted by atomic mass is 10.0. The average Bonchev–Trinajstić information content (AvgIpc) is 2.89. The van der Waals surface area contributed by atoms with Crippen molar-refractivity contribution in [3.8, 4) is 0 Å². The molecule has 1 aromatic carbocycles. The molecule has 2 rings (SSSR count). The minimum absolute atomic E-state index is 0.157. The normalized spacial score (nSPS) is 10.6. The third kappa shape index (κ3) is 4.13. The van der Waals surface area contributed by atoms with E-state index in [2.05, 4.69) is 0 Å². The van der Waals surface area contributed by atoms with Gasteiger partial charge in [-0.05, 0) is 44.0 Å². The van der Waals surface area contributed by atoms with Gasteiger partial charge in [0, 0.05) is 30.4 Å². The first-order chi connectivity index (χ1) is 13.2. The number of carbonyl (C=O) groups excluding carboxylic acids is 3. The summed E-state index contributed by atoms with van der Waals surface area (Å²) >= 11 is 0. The Morgan fingerprint density at radius 2 is 1.89 bits per heavy atom. The van der Waals surface area contributed by atoms with Gasteiger partial charge in [-0.2, -0.15) is 0 Å². The fourth-order valence-electron chi connectivity index (χ4n) is 3.35. The van der Waals surface area contributed by atoms with Crippen molar-refractivity contribution in [1.29, 1.82) is 0 Å². The Balaban J connectivity index is 2.35. The molecule has 28 heavy (non-hydrogen) atoms. The highest BCUT2D eigenvalue weighted by Gasteiger charge is 2.27. The van der Waals surface area contributed by atoms with E-state index in [9.17, 15) is 18.8 Å². The SMILES string of the molecule is CCCN(CC(=O)c1c(C)c(C(=O)OC)n(C)c1C)C(=O)c1cccc(F)c1. The number of aromatic nitrogens is 1. The van der Waals surface area contributed by atoms with Gasteiger partial charge < -0.3 is 14.2 Å². The Bertz CT molecular complexity index is 917. The second-order valence-electron chi connectivity index (χ2n) is 6.64. The number of ketones is 1. The molecule has 6 nitrogen and oxygen atoms in total. The minimum Gasteiger partial charge on any atom is -0.464 e. The topological polar surface area (TPSA) is 68.6 Å². The predicted octanol–water partition coefficient (Wildman–Crippen LogP) is 3.30. The van der Waals surface area contributed by atoms with E-state index in [0.29, 0.717) is 35.5 Å². The molecule has 0 atom stereocenters. The molecule has 0 fully saturated rings. The third-order valence-corrected chi connectivity index (χ3v) is 4.77. The summed E-state index contributed by atoms with van der Waals surface area (Å²) in [5, 5.41) is 0. The van der Waals surface area contributed by atoms with Crippen molar-refractivity contribution in [3.63, 3.8) is 0 Å². The number of nitrogens with zero attached hydrogens (tertiary/aromatic N) is 2. The largest absolute Gasteiger partial charge is 0.464 e. The smallest absolute Gasteiger partial charge is 0.354 e. The number of benzene rings is 1. The number of halogens is 1. The second kappa shape index (κ2) is 8.82. The van der Waals surface area contributed by atoms with Crippen LogP contribution in [0, 0.1) is 19.7 Å². The highest BCUT2D eigenvalue weighted by atomic mass is 19.1. The number of hydrogen-bond donors (Lipinski definition) is 0. The van der Waals surface area contributed by atoms with Crippen molar-refractivity contribution >= 4 is 17.7 Å². The summed E-state index contributed by atoms with van der Waals surface area (Å²) in [7, 11) is 2.97. The summed E-state index contributed by atoms with van der Waals surface area (Å²) in [6.07, 6.45) is 0.647. The first-order valence-corrected chi connectivity index (χ1v) is 9.05. The molecule has 0 saturated heterocycles. The fraction of sp³-hybridized carbons (Fsp3) is 0.381. The first-order valence-electron chi connectivity index (χ1n) is 9.05. The standard InChI is InChI=1S/C21H25FN2O4/c1-6-10-24(20(26)15-8-7-9-16(22)11-15)12-17(25)18-13(2)19(21(27)28-5)23(4)14(18)3/h7-9,11H,6,10,12H2,1-5H3. The van der Waals surface area contributed by atoms with Crippen LogP contribution in [-0.2, 0) is 11.8 Å². The van der Waals surface area contributed by atoms with Crippen LogP contribution in [0.1, 0.15) is 55.8 Å². The van der Waals surface area contributed by atoms with E-state index < -0.39 is 17.7 Å². The second-order valence-corrected chi connectivity index (χ2v) is 6.64. The van der Waals surface area contributed by atoms with Crippen LogP contribution in [0.2, 0.25) is 0 Å². The summed E-state index contributed by atoms with van der Waals surface area (Å²) < 4.78 is 19.9. The molecule has 1 amide bonds. The highest BCUT2D eigenvalue weighted by Crippen LogP contribution is 2.23. The molecule has 1 heterocycles. The molecule has 0 N–H and O–H groups in total. The number of rotatable bonds is 7. The molecule has 0 saturated carbocycles. The first kappa shape index (κ1) is 21.3. The highest BCUT2D eigenvalue weighted by molar-refractivity contribution is 6.06. The Morgan fingerprint density at radius 3 is 2.46 bits per heavy atom. The van der Waals surface area contributed by atoms with Gasteiger partial charge in [0.15, 0.2) is 5.78 Å². The molecular weight excluding hydrogens is 363 g/mol. The summed E-state index contributed by atoms with van der Waals surface area (Å²) in [5.41, 5.74) is 2.04. The summed E-state index contributed by atoms with van der Waals surface area (Å²) in [6, 6.07) is 5.40. The summed E-state index contributed by atoms with van der Waals surface area (Å²) in [4.78, 5) is 39.2. The predicted molar refractivity (Wildman–Crippen MR) is 103 cm³/mol. The van der Waals surface area contributed by atoms with Crippen LogP contribution < -0.4 is 0 Å². The number of ether oxygens (including phenoxy) is 1. The van der Waals surface area contributed by atoms with E-state index >= 15 is 0 Å². The monoisotopic (exact) mass is 388 g/mol. The number of carbonyl (C=O) groups is 3. The molecule has 7 heteroatoms. The zero-order valence-electron chi connectivity index (χ0n) is 16.8. The Hall–Kier alpha value is -2.96. The molecule has 2 aromatic rings. The molecule has 0 aliphatic carbocycles. The van der Waals surface area contributed by atoms with Crippen molar-refractivity contribution < 1.29 is 23.5 Å². The Labute approximate surface area is 163 Å².